The minimum atomic E-state index is -0.717. The standard InChI is InChI=1S/C19H19ClN2O4S/c1-3-9-22(10-4-2)15(23)12-26-16(24)11-21-19(25)18-17(20)13-7-5-6-8-14(13)27-18/h3-8H,1-2,9-12H2,(H,21,25). The molecule has 27 heavy (non-hydrogen) atoms. The van der Waals surface area contributed by atoms with E-state index in [1.807, 2.05) is 24.3 Å². The molecular weight excluding hydrogens is 388 g/mol. The van der Waals surface area contributed by atoms with Crippen molar-refractivity contribution in [3.05, 3.63) is 59.5 Å². The zero-order valence-corrected chi connectivity index (χ0v) is 16.1. The summed E-state index contributed by atoms with van der Waals surface area (Å²) in [4.78, 5) is 37.8. The Hall–Kier alpha value is -2.64. The van der Waals surface area contributed by atoms with Gasteiger partial charge in [0.05, 0.1) is 5.02 Å². The smallest absolute Gasteiger partial charge is 0.325 e. The molecule has 2 aromatic rings. The van der Waals surface area contributed by atoms with Crippen LogP contribution in [-0.4, -0.2) is 48.9 Å². The van der Waals surface area contributed by atoms with Crippen LogP contribution >= 0.6 is 22.9 Å². The van der Waals surface area contributed by atoms with Crippen LogP contribution in [-0.2, 0) is 14.3 Å². The Bertz CT molecular complexity index is 868. The molecule has 0 saturated heterocycles. The second kappa shape index (κ2) is 9.89. The molecule has 0 radical (unpaired) electrons. The van der Waals surface area contributed by atoms with E-state index in [-0.39, 0.29) is 12.5 Å². The van der Waals surface area contributed by atoms with Gasteiger partial charge in [-0.1, -0.05) is 42.0 Å². The van der Waals surface area contributed by atoms with Crippen LogP contribution in [0.5, 0.6) is 0 Å². The summed E-state index contributed by atoms with van der Waals surface area (Å²) in [5.41, 5.74) is 0. The lowest BCUT2D eigenvalue weighted by atomic mass is 10.2. The number of halogens is 1. The number of benzene rings is 1. The largest absolute Gasteiger partial charge is 0.454 e. The Morgan fingerprint density at radius 3 is 2.48 bits per heavy atom. The molecule has 2 amide bonds. The number of amides is 2. The van der Waals surface area contributed by atoms with Crippen LogP contribution in [0.25, 0.3) is 10.1 Å². The number of fused-ring (bicyclic) bond motifs is 1. The summed E-state index contributed by atoms with van der Waals surface area (Å²) in [5, 5.41) is 3.59. The Balaban J connectivity index is 1.86. The molecule has 8 heteroatoms. The Kier molecular flexibility index (Phi) is 7.57. The highest BCUT2D eigenvalue weighted by molar-refractivity contribution is 7.21. The van der Waals surface area contributed by atoms with E-state index >= 15 is 0 Å². The molecule has 0 aliphatic heterocycles. The first-order valence-corrected chi connectivity index (χ1v) is 9.27. The molecule has 6 nitrogen and oxygen atoms in total. The highest BCUT2D eigenvalue weighted by Crippen LogP contribution is 2.34. The first-order chi connectivity index (χ1) is 13.0. The molecule has 0 aliphatic carbocycles. The van der Waals surface area contributed by atoms with Crippen molar-refractivity contribution in [2.24, 2.45) is 0 Å². The molecule has 0 saturated carbocycles. The summed E-state index contributed by atoms with van der Waals surface area (Å²) in [6, 6.07) is 7.37. The molecule has 0 bridgehead atoms. The van der Waals surface area contributed by atoms with Gasteiger partial charge in [-0.25, -0.2) is 0 Å². The molecule has 0 atom stereocenters. The summed E-state index contributed by atoms with van der Waals surface area (Å²) in [6.45, 7) is 7.00. The number of nitrogens with zero attached hydrogens (tertiary/aromatic N) is 1. The SMILES string of the molecule is C=CCN(CC=C)C(=O)COC(=O)CNC(=O)c1sc2ccccc2c1Cl. The normalized spacial score (nSPS) is 10.3. The molecule has 1 aromatic heterocycles. The van der Waals surface area contributed by atoms with Gasteiger partial charge in [0, 0.05) is 23.2 Å². The number of carbonyl (C=O) groups excluding carboxylic acids is 3. The lowest BCUT2D eigenvalue weighted by Crippen LogP contribution is -2.36. The average molecular weight is 407 g/mol. The second-order valence-electron chi connectivity index (χ2n) is 5.46. The maximum atomic E-state index is 12.3. The van der Waals surface area contributed by atoms with Crippen molar-refractivity contribution in [2.75, 3.05) is 26.2 Å². The van der Waals surface area contributed by atoms with Crippen molar-refractivity contribution in [1.82, 2.24) is 10.2 Å². The molecule has 0 unspecified atom stereocenters. The van der Waals surface area contributed by atoms with Gasteiger partial charge in [-0.15, -0.1) is 24.5 Å². The van der Waals surface area contributed by atoms with Gasteiger partial charge >= 0.3 is 5.97 Å². The summed E-state index contributed by atoms with van der Waals surface area (Å²) in [7, 11) is 0. The first kappa shape index (κ1) is 20.7. The molecule has 1 heterocycles. The third-order valence-electron chi connectivity index (χ3n) is 3.54. The van der Waals surface area contributed by atoms with Gasteiger partial charge in [-0.05, 0) is 6.07 Å². The van der Waals surface area contributed by atoms with E-state index in [0.717, 1.165) is 10.1 Å². The van der Waals surface area contributed by atoms with Gasteiger partial charge in [0.2, 0.25) is 0 Å². The number of hydrogen-bond donors (Lipinski definition) is 1. The molecule has 1 N–H and O–H groups in total. The number of rotatable bonds is 9. The van der Waals surface area contributed by atoms with E-state index in [0.29, 0.717) is 23.0 Å². The molecule has 0 aliphatic rings. The van der Waals surface area contributed by atoms with Crippen LogP contribution in [0, 0.1) is 0 Å². The number of nitrogens with one attached hydrogen (secondary N) is 1. The van der Waals surface area contributed by atoms with Crippen LogP contribution in [0.4, 0.5) is 0 Å². The van der Waals surface area contributed by atoms with E-state index in [1.165, 1.54) is 16.2 Å². The van der Waals surface area contributed by atoms with E-state index in [1.54, 1.807) is 12.2 Å². The van der Waals surface area contributed by atoms with Crippen LogP contribution in [0.15, 0.2) is 49.6 Å². The van der Waals surface area contributed by atoms with Crippen LogP contribution in [0.2, 0.25) is 5.02 Å². The number of carbonyl (C=O) groups is 3. The van der Waals surface area contributed by atoms with Crippen molar-refractivity contribution in [1.29, 1.82) is 0 Å². The van der Waals surface area contributed by atoms with Gasteiger partial charge in [-0.3, -0.25) is 14.4 Å². The van der Waals surface area contributed by atoms with Crippen LogP contribution in [0.3, 0.4) is 0 Å². The lowest BCUT2D eigenvalue weighted by molar-refractivity contribution is -0.150. The van der Waals surface area contributed by atoms with Gasteiger partial charge in [-0.2, -0.15) is 0 Å². The molecule has 0 spiro atoms. The third-order valence-corrected chi connectivity index (χ3v) is 5.22. The van der Waals surface area contributed by atoms with E-state index in [9.17, 15) is 14.4 Å². The monoisotopic (exact) mass is 406 g/mol. The summed E-state index contributed by atoms with van der Waals surface area (Å²) >= 11 is 7.47. The number of hydrogen-bond acceptors (Lipinski definition) is 5. The Labute approximate surface area is 166 Å². The van der Waals surface area contributed by atoms with Crippen LogP contribution < -0.4 is 5.32 Å². The fraction of sp³-hybridized carbons (Fsp3) is 0.211. The summed E-state index contributed by atoms with van der Waals surface area (Å²) < 4.78 is 5.79. The lowest BCUT2D eigenvalue weighted by Gasteiger charge is -2.18. The summed E-state index contributed by atoms with van der Waals surface area (Å²) in [5.74, 6) is -1.56. The zero-order chi connectivity index (χ0) is 19.8. The van der Waals surface area contributed by atoms with Crippen molar-refractivity contribution < 1.29 is 19.1 Å². The fourth-order valence-corrected chi connectivity index (χ4v) is 3.70. The third kappa shape index (κ3) is 5.42. The molecular formula is C19H19ClN2O4S. The van der Waals surface area contributed by atoms with E-state index in [2.05, 4.69) is 18.5 Å². The fourth-order valence-electron chi connectivity index (χ4n) is 2.27. The number of ether oxygens (including phenoxy) is 1. The van der Waals surface area contributed by atoms with E-state index in [4.69, 9.17) is 16.3 Å². The average Bonchev–Trinajstić information content (AvgIpc) is 3.01. The number of esters is 1. The maximum absolute atomic E-state index is 12.3. The van der Waals surface area contributed by atoms with Crippen molar-refractivity contribution in [3.63, 3.8) is 0 Å². The van der Waals surface area contributed by atoms with Crippen molar-refractivity contribution >= 4 is 50.8 Å². The minimum absolute atomic E-state index is 0.323. The van der Waals surface area contributed by atoms with Crippen molar-refractivity contribution in [2.45, 2.75) is 0 Å². The summed E-state index contributed by atoms with van der Waals surface area (Å²) in [6.07, 6.45) is 3.14. The molecule has 0 fully saturated rings. The van der Waals surface area contributed by atoms with Gasteiger partial charge < -0.3 is 15.0 Å². The predicted molar refractivity (Wildman–Crippen MR) is 107 cm³/mol. The van der Waals surface area contributed by atoms with Gasteiger partial charge in [0.15, 0.2) is 6.61 Å². The maximum Gasteiger partial charge on any atom is 0.325 e. The zero-order valence-electron chi connectivity index (χ0n) is 14.6. The van der Waals surface area contributed by atoms with Crippen LogP contribution in [0.1, 0.15) is 9.67 Å². The number of thiophene rings is 1. The Morgan fingerprint density at radius 1 is 1.19 bits per heavy atom. The highest BCUT2D eigenvalue weighted by Gasteiger charge is 2.18. The highest BCUT2D eigenvalue weighted by atomic mass is 35.5. The Morgan fingerprint density at radius 2 is 1.85 bits per heavy atom. The van der Waals surface area contributed by atoms with Gasteiger partial charge in [0.25, 0.3) is 11.8 Å². The van der Waals surface area contributed by atoms with E-state index < -0.39 is 18.5 Å². The second-order valence-corrected chi connectivity index (χ2v) is 6.89. The predicted octanol–water partition coefficient (Wildman–Crippen LogP) is 3.03. The van der Waals surface area contributed by atoms with Gasteiger partial charge in [0.1, 0.15) is 11.4 Å². The first-order valence-electron chi connectivity index (χ1n) is 8.08. The topological polar surface area (TPSA) is 75.7 Å². The molecule has 1 aromatic carbocycles. The molecule has 142 valence electrons. The van der Waals surface area contributed by atoms with Crippen molar-refractivity contribution in [3.8, 4) is 0 Å². The quantitative estimate of drug-likeness (QED) is 0.513. The molecule has 2 rings (SSSR count). The minimum Gasteiger partial charge on any atom is -0.454 e.